The van der Waals surface area contributed by atoms with E-state index in [1.807, 2.05) is 26.0 Å². The zero-order chi connectivity index (χ0) is 18.4. The molecule has 0 aliphatic heterocycles. The summed E-state index contributed by atoms with van der Waals surface area (Å²) in [6.07, 6.45) is 1.66. The molecule has 0 unspecified atom stereocenters. The van der Waals surface area contributed by atoms with Gasteiger partial charge in [0.05, 0.1) is 41.1 Å². The first-order valence-electron chi connectivity index (χ1n) is 8.27. The molecule has 0 aliphatic carbocycles. The second kappa shape index (κ2) is 5.99. The highest BCUT2D eigenvalue weighted by molar-refractivity contribution is 6.04. The molecule has 3 aromatic heterocycles. The number of aromatic nitrogens is 4. The lowest BCUT2D eigenvalue weighted by Crippen LogP contribution is -2.21. The number of imidazole rings is 1. The predicted molar refractivity (Wildman–Crippen MR) is 98.4 cm³/mol. The summed E-state index contributed by atoms with van der Waals surface area (Å²) in [5.41, 5.74) is 10.2. The minimum Gasteiger partial charge on any atom is -0.496 e. The van der Waals surface area contributed by atoms with Crippen LogP contribution in [0.15, 0.2) is 27.6 Å². The molecular formula is C18H19N5O3. The molecule has 3 heterocycles. The Morgan fingerprint density at radius 1 is 1.35 bits per heavy atom. The third-order valence-electron chi connectivity index (χ3n) is 4.57. The first kappa shape index (κ1) is 16.3. The molecule has 26 heavy (non-hydrogen) atoms. The monoisotopic (exact) mass is 353 g/mol. The number of rotatable bonds is 4. The van der Waals surface area contributed by atoms with E-state index in [1.54, 1.807) is 17.9 Å². The van der Waals surface area contributed by atoms with Crippen molar-refractivity contribution in [3.63, 3.8) is 0 Å². The van der Waals surface area contributed by atoms with Gasteiger partial charge in [-0.3, -0.25) is 9.55 Å². The Labute approximate surface area is 148 Å². The number of hydrogen-bond donors (Lipinski definition) is 2. The van der Waals surface area contributed by atoms with Crippen LogP contribution in [-0.2, 0) is 6.54 Å². The van der Waals surface area contributed by atoms with Gasteiger partial charge in [0.2, 0.25) is 0 Å². The third-order valence-corrected chi connectivity index (χ3v) is 4.57. The van der Waals surface area contributed by atoms with Crippen molar-refractivity contribution in [2.75, 3.05) is 13.7 Å². The van der Waals surface area contributed by atoms with Crippen LogP contribution >= 0.6 is 0 Å². The topological polar surface area (TPSA) is 112 Å². The summed E-state index contributed by atoms with van der Waals surface area (Å²) >= 11 is 0. The minimum absolute atomic E-state index is 0.200. The van der Waals surface area contributed by atoms with Gasteiger partial charge in [-0.15, -0.1) is 0 Å². The van der Waals surface area contributed by atoms with Crippen molar-refractivity contribution in [2.24, 2.45) is 5.73 Å². The van der Waals surface area contributed by atoms with Gasteiger partial charge in [-0.2, -0.15) is 0 Å². The van der Waals surface area contributed by atoms with Gasteiger partial charge in [0.25, 0.3) is 0 Å². The van der Waals surface area contributed by atoms with E-state index in [0.717, 1.165) is 33.2 Å². The van der Waals surface area contributed by atoms with E-state index in [-0.39, 0.29) is 5.69 Å². The summed E-state index contributed by atoms with van der Waals surface area (Å²) in [4.78, 5) is 19.6. The zero-order valence-electron chi connectivity index (χ0n) is 14.8. The quantitative estimate of drug-likeness (QED) is 0.581. The first-order chi connectivity index (χ1) is 12.5. The van der Waals surface area contributed by atoms with Crippen LogP contribution in [0.25, 0.3) is 33.1 Å². The number of hydrogen-bond acceptors (Lipinski definition) is 6. The van der Waals surface area contributed by atoms with E-state index < -0.39 is 0 Å². The van der Waals surface area contributed by atoms with Crippen molar-refractivity contribution in [1.82, 2.24) is 19.7 Å². The Hall–Kier alpha value is -3.13. The summed E-state index contributed by atoms with van der Waals surface area (Å²) in [6, 6.07) is 3.83. The number of aromatic amines is 1. The van der Waals surface area contributed by atoms with Crippen molar-refractivity contribution in [3.05, 3.63) is 40.3 Å². The molecule has 8 nitrogen and oxygen atoms in total. The molecule has 0 saturated carbocycles. The van der Waals surface area contributed by atoms with E-state index in [1.165, 1.54) is 0 Å². The van der Waals surface area contributed by atoms with E-state index >= 15 is 0 Å². The highest BCUT2D eigenvalue weighted by Gasteiger charge is 2.19. The van der Waals surface area contributed by atoms with Gasteiger partial charge in [0.1, 0.15) is 11.5 Å². The second-order valence-electron chi connectivity index (χ2n) is 6.16. The normalized spacial score (nSPS) is 11.5. The molecule has 3 N–H and O–H groups in total. The third kappa shape index (κ3) is 2.30. The minimum atomic E-state index is -0.200. The van der Waals surface area contributed by atoms with Crippen molar-refractivity contribution < 1.29 is 9.26 Å². The number of H-pyrrole nitrogens is 1. The maximum Gasteiger partial charge on any atom is 0.326 e. The van der Waals surface area contributed by atoms with Crippen LogP contribution in [0.5, 0.6) is 5.75 Å². The van der Waals surface area contributed by atoms with Gasteiger partial charge in [0, 0.05) is 24.0 Å². The van der Waals surface area contributed by atoms with Gasteiger partial charge in [-0.1, -0.05) is 5.16 Å². The maximum atomic E-state index is 12.2. The smallest absolute Gasteiger partial charge is 0.326 e. The molecule has 0 aliphatic rings. The van der Waals surface area contributed by atoms with Crippen LogP contribution in [0, 0.1) is 13.8 Å². The van der Waals surface area contributed by atoms with E-state index in [9.17, 15) is 4.79 Å². The molecular weight excluding hydrogens is 334 g/mol. The predicted octanol–water partition coefficient (Wildman–Crippen LogP) is 2.12. The first-order valence-corrected chi connectivity index (χ1v) is 8.27. The molecule has 1 aromatic carbocycles. The summed E-state index contributed by atoms with van der Waals surface area (Å²) in [5.74, 6) is 1.37. The van der Waals surface area contributed by atoms with Crippen LogP contribution in [-0.4, -0.2) is 33.3 Å². The fraction of sp³-hybridized carbons (Fsp3) is 0.278. The van der Waals surface area contributed by atoms with Crippen molar-refractivity contribution in [2.45, 2.75) is 20.4 Å². The average molecular weight is 353 g/mol. The number of ether oxygens (including phenoxy) is 1. The molecule has 0 spiro atoms. The number of pyridine rings is 1. The van der Waals surface area contributed by atoms with Gasteiger partial charge in [-0.25, -0.2) is 4.79 Å². The highest BCUT2D eigenvalue weighted by atomic mass is 16.5. The van der Waals surface area contributed by atoms with E-state index in [2.05, 4.69) is 15.1 Å². The van der Waals surface area contributed by atoms with Crippen LogP contribution in [0.4, 0.5) is 0 Å². The van der Waals surface area contributed by atoms with Crippen LogP contribution in [0.1, 0.15) is 11.5 Å². The zero-order valence-corrected chi connectivity index (χ0v) is 14.8. The van der Waals surface area contributed by atoms with Crippen molar-refractivity contribution in [1.29, 1.82) is 0 Å². The summed E-state index contributed by atoms with van der Waals surface area (Å²) in [7, 11) is 1.61. The SMILES string of the molecule is COc1cc2c(cc1-c1c(C)noc1C)ncc1[nH]c(=O)n(CCN)c12. The number of nitrogens with zero attached hydrogens (tertiary/aromatic N) is 3. The lowest BCUT2D eigenvalue weighted by Gasteiger charge is -2.11. The van der Waals surface area contributed by atoms with Crippen LogP contribution in [0.3, 0.4) is 0 Å². The molecule has 0 radical (unpaired) electrons. The molecule has 8 heteroatoms. The van der Waals surface area contributed by atoms with E-state index in [0.29, 0.717) is 30.1 Å². The van der Waals surface area contributed by atoms with Crippen molar-refractivity contribution >= 4 is 21.9 Å². The molecule has 0 atom stereocenters. The number of nitrogens with one attached hydrogen (secondary N) is 1. The Morgan fingerprint density at radius 3 is 2.81 bits per heavy atom. The van der Waals surface area contributed by atoms with Crippen molar-refractivity contribution in [3.8, 4) is 16.9 Å². The number of aryl methyl sites for hydroxylation is 2. The van der Waals surface area contributed by atoms with E-state index in [4.69, 9.17) is 15.0 Å². The molecule has 134 valence electrons. The summed E-state index contributed by atoms with van der Waals surface area (Å²) < 4.78 is 12.6. The molecule has 4 aromatic rings. The fourth-order valence-corrected chi connectivity index (χ4v) is 3.45. The standard InChI is InChI=1S/C18H19N5O3/c1-9-16(10(2)26-22-9)12-6-13-11(7-15(12)25-3)17-14(8-20-13)21-18(24)23(17)5-4-19/h6-8H,4-5,19H2,1-3H3,(H,21,24). The number of methoxy groups -OCH3 is 1. The maximum absolute atomic E-state index is 12.2. The molecule has 0 saturated heterocycles. The number of benzene rings is 1. The second-order valence-corrected chi connectivity index (χ2v) is 6.16. The number of nitrogens with two attached hydrogens (primary N) is 1. The summed E-state index contributed by atoms with van der Waals surface area (Å²) in [6.45, 7) is 4.54. The highest BCUT2D eigenvalue weighted by Crippen LogP contribution is 2.38. The van der Waals surface area contributed by atoms with Gasteiger partial charge >= 0.3 is 5.69 Å². The van der Waals surface area contributed by atoms with Gasteiger partial charge in [0.15, 0.2) is 0 Å². The fourth-order valence-electron chi connectivity index (χ4n) is 3.45. The number of fused-ring (bicyclic) bond motifs is 3. The van der Waals surface area contributed by atoms with Crippen LogP contribution < -0.4 is 16.2 Å². The Kier molecular flexibility index (Phi) is 3.77. The molecule has 4 rings (SSSR count). The Bertz CT molecular complexity index is 1170. The molecule has 0 amide bonds. The summed E-state index contributed by atoms with van der Waals surface area (Å²) in [5, 5.41) is 4.85. The molecule has 0 fully saturated rings. The lowest BCUT2D eigenvalue weighted by molar-refractivity contribution is 0.393. The Morgan fingerprint density at radius 2 is 2.15 bits per heavy atom. The Balaban J connectivity index is 2.09. The average Bonchev–Trinajstić information content (AvgIpc) is 3.13. The van der Waals surface area contributed by atoms with Crippen LogP contribution in [0.2, 0.25) is 0 Å². The lowest BCUT2D eigenvalue weighted by atomic mass is 10.0. The molecule has 0 bridgehead atoms. The largest absolute Gasteiger partial charge is 0.496 e. The van der Waals surface area contributed by atoms with Gasteiger partial charge < -0.3 is 20.0 Å². The van der Waals surface area contributed by atoms with Gasteiger partial charge in [-0.05, 0) is 26.0 Å².